The Kier molecular flexibility index (Phi) is 4.26. The quantitative estimate of drug-likeness (QED) is 0.795. The lowest BCUT2D eigenvalue weighted by molar-refractivity contribution is -0.118. The Hall–Kier alpha value is -1.13. The zero-order valence-corrected chi connectivity index (χ0v) is 10.4. The van der Waals surface area contributed by atoms with E-state index in [2.05, 4.69) is 10.3 Å². The average molecular weight is 242 g/mol. The number of pyridine rings is 1. The number of rotatable bonds is 3. The van der Waals surface area contributed by atoms with Crippen LogP contribution < -0.4 is 11.1 Å². The van der Waals surface area contributed by atoms with E-state index in [1.54, 1.807) is 6.07 Å². The number of aryl methyl sites for hydroxylation is 1. The monoisotopic (exact) mass is 241 g/mol. The molecule has 1 atom stereocenters. The second kappa shape index (κ2) is 5.27. The van der Waals surface area contributed by atoms with Gasteiger partial charge in [0.15, 0.2) is 0 Å². The van der Waals surface area contributed by atoms with Crippen LogP contribution in [0.2, 0.25) is 5.15 Å². The van der Waals surface area contributed by atoms with E-state index in [0.717, 1.165) is 5.56 Å². The average Bonchev–Trinajstić information content (AvgIpc) is 2.22. The molecular weight excluding hydrogens is 226 g/mol. The molecule has 1 aromatic heterocycles. The number of nitrogens with one attached hydrogen (secondary N) is 1. The molecule has 5 heteroatoms. The fourth-order valence-corrected chi connectivity index (χ4v) is 1.26. The molecule has 0 spiro atoms. The van der Waals surface area contributed by atoms with Crippen molar-refractivity contribution in [3.63, 3.8) is 0 Å². The van der Waals surface area contributed by atoms with Gasteiger partial charge in [0, 0.05) is 0 Å². The lowest BCUT2D eigenvalue weighted by Gasteiger charge is -2.15. The maximum Gasteiger partial charge on any atom is 0.241 e. The van der Waals surface area contributed by atoms with Crippen LogP contribution in [0.1, 0.15) is 19.4 Å². The molecule has 4 nitrogen and oxygen atoms in total. The molecule has 0 aliphatic heterocycles. The fraction of sp³-hybridized carbons (Fsp3) is 0.455. The maximum absolute atomic E-state index is 11.7. The summed E-state index contributed by atoms with van der Waals surface area (Å²) in [7, 11) is 0. The molecule has 0 aliphatic carbocycles. The number of carbonyl (C=O) groups is 1. The SMILES string of the molecule is Cc1cc(NC(=O)[C@H](N)C(C)C)cnc1Cl. The topological polar surface area (TPSA) is 68.0 Å². The van der Waals surface area contributed by atoms with Gasteiger partial charge in [0.2, 0.25) is 5.91 Å². The normalized spacial score (nSPS) is 12.6. The van der Waals surface area contributed by atoms with Crippen molar-refractivity contribution < 1.29 is 4.79 Å². The van der Waals surface area contributed by atoms with Gasteiger partial charge in [0.05, 0.1) is 17.9 Å². The van der Waals surface area contributed by atoms with Crippen molar-refractivity contribution in [2.45, 2.75) is 26.8 Å². The van der Waals surface area contributed by atoms with Crippen LogP contribution in [0.3, 0.4) is 0 Å². The molecule has 1 heterocycles. The minimum Gasteiger partial charge on any atom is -0.323 e. The summed E-state index contributed by atoms with van der Waals surface area (Å²) in [5, 5.41) is 3.14. The first-order chi connectivity index (χ1) is 7.41. The number of carbonyl (C=O) groups excluding carboxylic acids is 1. The molecule has 0 fully saturated rings. The van der Waals surface area contributed by atoms with Crippen molar-refractivity contribution >= 4 is 23.2 Å². The van der Waals surface area contributed by atoms with Crippen LogP contribution in [0.25, 0.3) is 0 Å². The van der Waals surface area contributed by atoms with E-state index in [1.807, 2.05) is 20.8 Å². The first-order valence-electron chi connectivity index (χ1n) is 5.10. The van der Waals surface area contributed by atoms with E-state index in [1.165, 1.54) is 6.20 Å². The number of nitrogens with zero attached hydrogens (tertiary/aromatic N) is 1. The van der Waals surface area contributed by atoms with Crippen LogP contribution in [-0.4, -0.2) is 16.9 Å². The maximum atomic E-state index is 11.7. The van der Waals surface area contributed by atoms with E-state index in [0.29, 0.717) is 10.8 Å². The predicted octanol–water partition coefficient (Wildman–Crippen LogP) is 1.97. The summed E-state index contributed by atoms with van der Waals surface area (Å²) in [6, 6.07) is 1.25. The lowest BCUT2D eigenvalue weighted by atomic mass is 10.1. The van der Waals surface area contributed by atoms with Gasteiger partial charge in [0.1, 0.15) is 5.15 Å². The van der Waals surface area contributed by atoms with Gasteiger partial charge in [0.25, 0.3) is 0 Å². The highest BCUT2D eigenvalue weighted by Gasteiger charge is 2.17. The molecular formula is C11H16ClN3O. The Bertz CT molecular complexity index is 393. The summed E-state index contributed by atoms with van der Waals surface area (Å²) < 4.78 is 0. The Morgan fingerprint density at radius 2 is 2.19 bits per heavy atom. The summed E-state index contributed by atoms with van der Waals surface area (Å²) >= 11 is 5.78. The first-order valence-corrected chi connectivity index (χ1v) is 5.48. The second-order valence-electron chi connectivity index (χ2n) is 4.09. The molecule has 0 radical (unpaired) electrons. The molecule has 0 aromatic carbocycles. The third kappa shape index (κ3) is 3.18. The zero-order valence-electron chi connectivity index (χ0n) is 9.62. The van der Waals surface area contributed by atoms with Crippen molar-refractivity contribution in [2.24, 2.45) is 11.7 Å². The largest absolute Gasteiger partial charge is 0.323 e. The zero-order chi connectivity index (χ0) is 12.3. The Balaban J connectivity index is 2.74. The Morgan fingerprint density at radius 1 is 1.56 bits per heavy atom. The van der Waals surface area contributed by atoms with Gasteiger partial charge in [-0.15, -0.1) is 0 Å². The predicted molar refractivity (Wildman–Crippen MR) is 65.4 cm³/mol. The van der Waals surface area contributed by atoms with E-state index in [4.69, 9.17) is 17.3 Å². The third-order valence-corrected chi connectivity index (χ3v) is 2.70. The Labute approximate surface area is 100 Å². The number of halogens is 1. The molecule has 3 N–H and O–H groups in total. The highest BCUT2D eigenvalue weighted by molar-refractivity contribution is 6.30. The molecule has 0 saturated carbocycles. The minimum atomic E-state index is -0.518. The smallest absolute Gasteiger partial charge is 0.241 e. The minimum absolute atomic E-state index is 0.0985. The molecule has 0 unspecified atom stereocenters. The van der Waals surface area contributed by atoms with Crippen molar-refractivity contribution in [2.75, 3.05) is 5.32 Å². The van der Waals surface area contributed by atoms with Crippen LogP contribution in [0.4, 0.5) is 5.69 Å². The van der Waals surface area contributed by atoms with Crippen LogP contribution in [0, 0.1) is 12.8 Å². The van der Waals surface area contributed by atoms with E-state index in [9.17, 15) is 4.79 Å². The van der Waals surface area contributed by atoms with Gasteiger partial charge in [-0.05, 0) is 24.5 Å². The number of hydrogen-bond donors (Lipinski definition) is 2. The van der Waals surface area contributed by atoms with Crippen molar-refractivity contribution in [3.05, 3.63) is 23.0 Å². The molecule has 0 saturated heterocycles. The summed E-state index contributed by atoms with van der Waals surface area (Å²) in [6.07, 6.45) is 1.51. The summed E-state index contributed by atoms with van der Waals surface area (Å²) in [5.41, 5.74) is 7.15. The van der Waals surface area contributed by atoms with Gasteiger partial charge in [-0.25, -0.2) is 4.98 Å². The van der Waals surface area contributed by atoms with Gasteiger partial charge in [-0.3, -0.25) is 4.79 Å². The summed E-state index contributed by atoms with van der Waals surface area (Å²) in [4.78, 5) is 15.6. The van der Waals surface area contributed by atoms with Crippen LogP contribution in [0.5, 0.6) is 0 Å². The van der Waals surface area contributed by atoms with Crippen LogP contribution in [0.15, 0.2) is 12.3 Å². The summed E-state index contributed by atoms with van der Waals surface area (Å²) in [5.74, 6) is -0.111. The second-order valence-corrected chi connectivity index (χ2v) is 4.45. The van der Waals surface area contributed by atoms with Gasteiger partial charge < -0.3 is 11.1 Å². The number of hydrogen-bond acceptors (Lipinski definition) is 3. The number of anilines is 1. The van der Waals surface area contributed by atoms with Crippen molar-refractivity contribution in [1.82, 2.24) is 4.98 Å². The molecule has 1 amide bonds. The number of aromatic nitrogens is 1. The van der Waals surface area contributed by atoms with E-state index < -0.39 is 6.04 Å². The van der Waals surface area contributed by atoms with Crippen molar-refractivity contribution in [3.8, 4) is 0 Å². The van der Waals surface area contributed by atoms with Gasteiger partial charge in [-0.2, -0.15) is 0 Å². The van der Waals surface area contributed by atoms with E-state index >= 15 is 0 Å². The molecule has 0 bridgehead atoms. The number of amides is 1. The molecule has 16 heavy (non-hydrogen) atoms. The number of nitrogens with two attached hydrogens (primary N) is 1. The third-order valence-electron chi connectivity index (χ3n) is 2.30. The van der Waals surface area contributed by atoms with Crippen LogP contribution in [-0.2, 0) is 4.79 Å². The molecule has 1 rings (SSSR count). The highest BCUT2D eigenvalue weighted by atomic mass is 35.5. The first kappa shape index (κ1) is 12.9. The fourth-order valence-electron chi connectivity index (χ4n) is 1.15. The highest BCUT2D eigenvalue weighted by Crippen LogP contribution is 2.16. The summed E-state index contributed by atoms with van der Waals surface area (Å²) in [6.45, 7) is 5.62. The van der Waals surface area contributed by atoms with Crippen LogP contribution >= 0.6 is 11.6 Å². The lowest BCUT2D eigenvalue weighted by Crippen LogP contribution is -2.39. The molecule has 88 valence electrons. The van der Waals surface area contributed by atoms with Crippen molar-refractivity contribution in [1.29, 1.82) is 0 Å². The molecule has 1 aromatic rings. The molecule has 0 aliphatic rings. The van der Waals surface area contributed by atoms with Gasteiger partial charge >= 0.3 is 0 Å². The van der Waals surface area contributed by atoms with Gasteiger partial charge in [-0.1, -0.05) is 25.4 Å². The van der Waals surface area contributed by atoms with E-state index in [-0.39, 0.29) is 11.8 Å². The standard InChI is InChI=1S/C11H16ClN3O/c1-6(2)9(13)11(16)15-8-4-7(3)10(12)14-5-8/h4-6,9H,13H2,1-3H3,(H,15,16)/t9-/m1/s1. The Morgan fingerprint density at radius 3 is 2.69 bits per heavy atom.